The molecule has 1 saturated carbocycles. The van der Waals surface area contributed by atoms with Gasteiger partial charge in [-0.1, -0.05) is 25.0 Å². The summed E-state index contributed by atoms with van der Waals surface area (Å²) in [5.41, 5.74) is 1.24. The lowest BCUT2D eigenvalue weighted by atomic mass is 10.1. The summed E-state index contributed by atoms with van der Waals surface area (Å²) < 4.78 is 33.9. The van der Waals surface area contributed by atoms with E-state index in [2.05, 4.69) is 0 Å². The molecule has 3 N–H and O–H groups in total. The maximum atomic E-state index is 13.6. The van der Waals surface area contributed by atoms with Gasteiger partial charge in [0.25, 0.3) is 5.91 Å². The Morgan fingerprint density at radius 3 is 2.48 bits per heavy atom. The first kappa shape index (κ1) is 25.0. The number of hydrogen-bond acceptors (Lipinski definition) is 6. The summed E-state index contributed by atoms with van der Waals surface area (Å²) in [6, 6.07) is 4.06. The van der Waals surface area contributed by atoms with Gasteiger partial charge in [0.1, 0.15) is 6.04 Å². The summed E-state index contributed by atoms with van der Waals surface area (Å²) in [7, 11) is -4.17. The van der Waals surface area contributed by atoms with Gasteiger partial charge in [-0.2, -0.15) is 4.31 Å². The number of amides is 1. The van der Waals surface area contributed by atoms with E-state index in [0.717, 1.165) is 23.2 Å². The second-order valence-corrected chi connectivity index (χ2v) is 10.3. The van der Waals surface area contributed by atoms with Crippen LogP contribution in [0, 0.1) is 0 Å². The summed E-state index contributed by atoms with van der Waals surface area (Å²) in [6.45, 7) is 5.06. The quantitative estimate of drug-likeness (QED) is 0.296. The molecule has 1 atom stereocenters. The molecular weight excluding hydrogens is 424 g/mol. The molecule has 1 aromatic rings. The van der Waals surface area contributed by atoms with Crippen molar-refractivity contribution >= 4 is 28.0 Å². The number of hydrogen-bond donors (Lipinski definition) is 3. The number of carboxylic acids is 1. The number of nitrogens with zero attached hydrogens (tertiary/aromatic N) is 1. The minimum absolute atomic E-state index is 0.0760. The molecule has 0 saturated heterocycles. The van der Waals surface area contributed by atoms with Crippen LogP contribution in [0.4, 0.5) is 0 Å². The average molecular weight is 455 g/mol. The van der Waals surface area contributed by atoms with Crippen LogP contribution in [0.2, 0.25) is 0 Å². The number of ether oxygens (including phenoxy) is 1. The van der Waals surface area contributed by atoms with Crippen LogP contribution < -0.4 is 5.48 Å². The third kappa shape index (κ3) is 6.86. The van der Waals surface area contributed by atoms with Crippen molar-refractivity contribution in [3.05, 3.63) is 35.9 Å². The zero-order chi connectivity index (χ0) is 23.2. The number of carboxylic acid groups (broad SMARTS) is 1. The molecule has 0 aromatic heterocycles. The predicted molar refractivity (Wildman–Crippen MR) is 114 cm³/mol. The van der Waals surface area contributed by atoms with Crippen LogP contribution in [-0.2, 0) is 24.3 Å². The van der Waals surface area contributed by atoms with E-state index in [1.807, 2.05) is 0 Å². The molecule has 0 bridgehead atoms. The van der Waals surface area contributed by atoms with Crippen molar-refractivity contribution in [2.45, 2.75) is 69.0 Å². The van der Waals surface area contributed by atoms with Crippen LogP contribution in [0.15, 0.2) is 35.2 Å². The third-order valence-corrected chi connectivity index (χ3v) is 6.88. The third-order valence-electron chi connectivity index (χ3n) is 4.92. The van der Waals surface area contributed by atoms with Gasteiger partial charge in [0, 0.05) is 12.1 Å². The van der Waals surface area contributed by atoms with Crippen molar-refractivity contribution < 1.29 is 33.1 Å². The van der Waals surface area contributed by atoms with E-state index in [4.69, 9.17) is 9.94 Å². The van der Waals surface area contributed by atoms with Crippen LogP contribution in [0.25, 0.3) is 6.08 Å². The van der Waals surface area contributed by atoms with Gasteiger partial charge in [-0.25, -0.2) is 13.9 Å². The maximum Gasteiger partial charge on any atom is 0.324 e. The lowest BCUT2D eigenvalue weighted by Crippen LogP contribution is -2.52. The molecule has 1 unspecified atom stereocenters. The van der Waals surface area contributed by atoms with E-state index in [-0.39, 0.29) is 11.5 Å². The summed E-state index contributed by atoms with van der Waals surface area (Å²) in [5, 5.41) is 18.5. The van der Waals surface area contributed by atoms with E-state index in [9.17, 15) is 23.1 Å². The standard InChI is InChI=1S/C21H30N2O7S/c1-21(2,3)30-14-18(20(25)26)23(16-8-4-5-9-16)31(28,29)17-10-6-7-15(13-17)11-12-19(24)22-27/h6-7,10-13,16,18,27H,4-5,8-9,14H2,1-3H3,(H,22,24)(H,25,26). The Bertz CT molecular complexity index is 916. The van der Waals surface area contributed by atoms with Gasteiger partial charge < -0.3 is 9.84 Å². The van der Waals surface area contributed by atoms with Gasteiger partial charge in [-0.3, -0.25) is 14.8 Å². The van der Waals surface area contributed by atoms with Crippen molar-refractivity contribution in [2.75, 3.05) is 6.61 Å². The molecule has 2 rings (SSSR count). The number of carbonyl (C=O) groups is 2. The molecule has 1 amide bonds. The molecular formula is C21H30N2O7S. The number of aliphatic carboxylic acids is 1. The molecule has 1 fully saturated rings. The van der Waals surface area contributed by atoms with Gasteiger partial charge >= 0.3 is 5.97 Å². The van der Waals surface area contributed by atoms with Crippen molar-refractivity contribution in [1.29, 1.82) is 0 Å². The Balaban J connectivity index is 2.46. The van der Waals surface area contributed by atoms with Crippen LogP contribution in [-0.4, -0.2) is 59.2 Å². The molecule has 0 spiro atoms. The Kier molecular flexibility index (Phi) is 8.35. The zero-order valence-electron chi connectivity index (χ0n) is 17.9. The van der Waals surface area contributed by atoms with Crippen molar-refractivity contribution in [1.82, 2.24) is 9.79 Å². The number of benzene rings is 1. The largest absolute Gasteiger partial charge is 0.480 e. The monoisotopic (exact) mass is 454 g/mol. The maximum absolute atomic E-state index is 13.6. The Labute approximate surface area is 182 Å². The van der Waals surface area contributed by atoms with E-state index >= 15 is 0 Å². The summed E-state index contributed by atoms with van der Waals surface area (Å²) >= 11 is 0. The first-order valence-corrected chi connectivity index (χ1v) is 11.5. The molecule has 10 heteroatoms. The highest BCUT2D eigenvalue weighted by molar-refractivity contribution is 7.89. The van der Waals surface area contributed by atoms with E-state index in [1.165, 1.54) is 29.8 Å². The second-order valence-electron chi connectivity index (χ2n) is 8.43. The zero-order valence-corrected chi connectivity index (χ0v) is 18.8. The van der Waals surface area contributed by atoms with Crippen LogP contribution in [0.1, 0.15) is 52.0 Å². The Morgan fingerprint density at radius 2 is 1.94 bits per heavy atom. The van der Waals surface area contributed by atoms with Gasteiger partial charge in [0.05, 0.1) is 17.1 Å². The van der Waals surface area contributed by atoms with Gasteiger partial charge in [0.2, 0.25) is 10.0 Å². The molecule has 1 aliphatic carbocycles. The van der Waals surface area contributed by atoms with E-state index < -0.39 is 39.6 Å². The molecule has 9 nitrogen and oxygen atoms in total. The fraction of sp³-hybridized carbons (Fsp3) is 0.524. The number of hydroxylamine groups is 1. The lowest BCUT2D eigenvalue weighted by Gasteiger charge is -2.34. The molecule has 172 valence electrons. The lowest BCUT2D eigenvalue weighted by molar-refractivity contribution is -0.146. The predicted octanol–water partition coefficient (Wildman–Crippen LogP) is 2.41. The van der Waals surface area contributed by atoms with Crippen molar-refractivity contribution in [2.24, 2.45) is 0 Å². The van der Waals surface area contributed by atoms with Crippen LogP contribution >= 0.6 is 0 Å². The highest BCUT2D eigenvalue weighted by atomic mass is 32.2. The smallest absolute Gasteiger partial charge is 0.324 e. The normalized spacial score (nSPS) is 16.7. The molecule has 31 heavy (non-hydrogen) atoms. The molecule has 1 aromatic carbocycles. The van der Waals surface area contributed by atoms with E-state index in [1.54, 1.807) is 26.8 Å². The van der Waals surface area contributed by atoms with Crippen molar-refractivity contribution in [3.8, 4) is 0 Å². The average Bonchev–Trinajstić information content (AvgIpc) is 3.22. The van der Waals surface area contributed by atoms with Gasteiger partial charge in [0.15, 0.2) is 0 Å². The highest BCUT2D eigenvalue weighted by Crippen LogP contribution is 2.31. The van der Waals surface area contributed by atoms with Crippen LogP contribution in [0.3, 0.4) is 0 Å². The minimum Gasteiger partial charge on any atom is -0.480 e. The number of rotatable bonds is 9. The summed E-state index contributed by atoms with van der Waals surface area (Å²) in [6.07, 6.45) is 5.20. The fourth-order valence-electron chi connectivity index (χ4n) is 3.47. The van der Waals surface area contributed by atoms with Gasteiger partial charge in [-0.15, -0.1) is 0 Å². The minimum atomic E-state index is -4.17. The molecule has 1 aliphatic rings. The summed E-state index contributed by atoms with van der Waals surface area (Å²) in [5.74, 6) is -2.03. The fourth-order valence-corrected chi connectivity index (χ4v) is 5.34. The van der Waals surface area contributed by atoms with Crippen LogP contribution in [0.5, 0.6) is 0 Å². The summed E-state index contributed by atoms with van der Waals surface area (Å²) in [4.78, 5) is 23.2. The number of carbonyl (C=O) groups excluding carboxylic acids is 1. The first-order valence-electron chi connectivity index (χ1n) is 10.1. The number of sulfonamides is 1. The highest BCUT2D eigenvalue weighted by Gasteiger charge is 2.42. The Morgan fingerprint density at radius 1 is 1.29 bits per heavy atom. The topological polar surface area (TPSA) is 133 Å². The number of nitrogens with one attached hydrogen (secondary N) is 1. The molecule has 0 radical (unpaired) electrons. The molecule has 0 aliphatic heterocycles. The van der Waals surface area contributed by atoms with Crippen molar-refractivity contribution in [3.63, 3.8) is 0 Å². The van der Waals surface area contributed by atoms with E-state index in [0.29, 0.717) is 18.4 Å². The Hall–Kier alpha value is -2.27. The first-order chi connectivity index (χ1) is 14.5. The van der Waals surface area contributed by atoms with Gasteiger partial charge in [-0.05, 0) is 57.4 Å². The SMILES string of the molecule is CC(C)(C)OCC(C(=O)O)N(C1CCCC1)S(=O)(=O)c1cccc(C=CC(=O)NO)c1. The second kappa shape index (κ2) is 10.4. The molecule has 0 heterocycles.